The third kappa shape index (κ3) is 3.22. The Morgan fingerprint density at radius 1 is 1.24 bits per heavy atom. The van der Waals surface area contributed by atoms with Gasteiger partial charge in [0.2, 0.25) is 5.91 Å². The largest absolute Gasteiger partial charge is 0.416 e. The average molecular weight is 297 g/mol. The molecule has 1 N–H and O–H groups in total. The third-order valence-corrected chi connectivity index (χ3v) is 4.81. The Balaban J connectivity index is 1.60. The van der Waals surface area contributed by atoms with Gasteiger partial charge in [0, 0.05) is 12.1 Å². The fourth-order valence-corrected chi connectivity index (χ4v) is 3.85. The number of benzene rings is 1. The number of alkyl halides is 3. The van der Waals surface area contributed by atoms with E-state index in [9.17, 15) is 18.0 Å². The number of rotatable bonds is 3. The molecule has 5 heteroatoms. The van der Waals surface area contributed by atoms with E-state index in [1.54, 1.807) is 0 Å². The quantitative estimate of drug-likeness (QED) is 0.876. The van der Waals surface area contributed by atoms with Gasteiger partial charge in [-0.15, -0.1) is 0 Å². The zero-order valence-corrected chi connectivity index (χ0v) is 11.6. The molecular formula is C16H18F3NO. The lowest BCUT2D eigenvalue weighted by atomic mass is 9.86. The van der Waals surface area contributed by atoms with Crippen molar-refractivity contribution in [3.8, 4) is 0 Å². The van der Waals surface area contributed by atoms with Crippen molar-refractivity contribution >= 4 is 11.6 Å². The molecule has 2 fully saturated rings. The van der Waals surface area contributed by atoms with Gasteiger partial charge in [0.25, 0.3) is 0 Å². The fraction of sp³-hybridized carbons (Fsp3) is 0.562. The van der Waals surface area contributed by atoms with Crippen LogP contribution in [0.25, 0.3) is 0 Å². The van der Waals surface area contributed by atoms with Gasteiger partial charge in [-0.05, 0) is 55.2 Å². The van der Waals surface area contributed by atoms with E-state index in [-0.39, 0.29) is 11.6 Å². The van der Waals surface area contributed by atoms with E-state index in [0.29, 0.717) is 18.3 Å². The van der Waals surface area contributed by atoms with Crippen LogP contribution in [0.2, 0.25) is 0 Å². The Morgan fingerprint density at radius 3 is 2.67 bits per heavy atom. The van der Waals surface area contributed by atoms with Crippen LogP contribution in [-0.2, 0) is 11.0 Å². The Labute approximate surface area is 121 Å². The summed E-state index contributed by atoms with van der Waals surface area (Å²) in [6, 6.07) is 4.80. The molecule has 1 aromatic rings. The maximum atomic E-state index is 12.6. The summed E-state index contributed by atoms with van der Waals surface area (Å²) in [5.41, 5.74) is -0.516. The third-order valence-electron chi connectivity index (χ3n) is 4.81. The van der Waals surface area contributed by atoms with Crippen LogP contribution in [0.1, 0.15) is 37.7 Å². The number of anilines is 1. The lowest BCUT2D eigenvalue weighted by Crippen LogP contribution is -2.20. The first-order valence-electron chi connectivity index (χ1n) is 7.39. The Kier molecular flexibility index (Phi) is 3.68. The minimum atomic E-state index is -4.38. The van der Waals surface area contributed by atoms with Gasteiger partial charge in [-0.2, -0.15) is 13.2 Å². The lowest BCUT2D eigenvalue weighted by Gasteiger charge is -2.21. The van der Waals surface area contributed by atoms with Gasteiger partial charge in [-0.3, -0.25) is 4.79 Å². The van der Waals surface area contributed by atoms with E-state index in [2.05, 4.69) is 5.32 Å². The van der Waals surface area contributed by atoms with E-state index in [0.717, 1.165) is 24.5 Å². The predicted octanol–water partition coefficient (Wildman–Crippen LogP) is 4.47. The van der Waals surface area contributed by atoms with Crippen LogP contribution in [0.3, 0.4) is 0 Å². The summed E-state index contributed by atoms with van der Waals surface area (Å²) in [5.74, 6) is 1.64. The number of hydrogen-bond donors (Lipinski definition) is 1. The Hall–Kier alpha value is -1.52. The summed E-state index contributed by atoms with van der Waals surface area (Å²) in [5, 5.41) is 2.60. The van der Waals surface area contributed by atoms with Gasteiger partial charge in [0.1, 0.15) is 0 Å². The summed E-state index contributed by atoms with van der Waals surface area (Å²) in [6.07, 6.45) is 0.841. The highest BCUT2D eigenvalue weighted by atomic mass is 19.4. The van der Waals surface area contributed by atoms with Gasteiger partial charge >= 0.3 is 6.18 Å². The second-order valence-corrected chi connectivity index (χ2v) is 6.27. The van der Waals surface area contributed by atoms with Crippen molar-refractivity contribution in [3.05, 3.63) is 29.8 Å². The molecule has 2 aliphatic carbocycles. The summed E-state index contributed by atoms with van der Waals surface area (Å²) in [7, 11) is 0. The van der Waals surface area contributed by atoms with Gasteiger partial charge in [-0.1, -0.05) is 12.5 Å². The molecule has 0 saturated heterocycles. The fourth-order valence-electron chi connectivity index (χ4n) is 3.85. The van der Waals surface area contributed by atoms with E-state index in [4.69, 9.17) is 0 Å². The number of carbonyl (C=O) groups excluding carboxylic acids is 1. The molecule has 2 nitrogen and oxygen atoms in total. The molecule has 21 heavy (non-hydrogen) atoms. The van der Waals surface area contributed by atoms with Crippen LogP contribution in [0.5, 0.6) is 0 Å². The Bertz CT molecular complexity index is 541. The molecule has 0 spiro atoms. The molecule has 2 bridgehead atoms. The predicted molar refractivity (Wildman–Crippen MR) is 73.6 cm³/mol. The maximum absolute atomic E-state index is 12.6. The smallest absolute Gasteiger partial charge is 0.326 e. The first kappa shape index (κ1) is 14.4. The number of hydrogen-bond acceptors (Lipinski definition) is 1. The number of fused-ring (bicyclic) bond motifs is 2. The van der Waals surface area contributed by atoms with Crippen LogP contribution < -0.4 is 5.32 Å². The molecule has 0 heterocycles. The summed E-state index contributed by atoms with van der Waals surface area (Å²) >= 11 is 0. The maximum Gasteiger partial charge on any atom is 0.416 e. The number of amides is 1. The standard InChI is InChI=1S/C16H18F3NO/c17-16(18,19)13-2-1-3-14(9-13)20-15(21)8-12-7-10-4-5-11(12)6-10/h1-3,9-12H,4-8H2,(H,20,21)/t10-,11-,12+/m1/s1. The molecule has 1 amide bonds. The number of nitrogens with one attached hydrogen (secondary N) is 1. The van der Waals surface area contributed by atoms with Crippen molar-refractivity contribution in [2.45, 2.75) is 38.3 Å². The first-order valence-corrected chi connectivity index (χ1v) is 7.39. The highest BCUT2D eigenvalue weighted by Gasteiger charge is 2.40. The minimum absolute atomic E-state index is 0.174. The van der Waals surface area contributed by atoms with E-state index in [1.165, 1.54) is 31.4 Å². The molecule has 3 atom stereocenters. The van der Waals surface area contributed by atoms with Gasteiger partial charge in [-0.25, -0.2) is 0 Å². The van der Waals surface area contributed by atoms with E-state index in [1.807, 2.05) is 0 Å². The van der Waals surface area contributed by atoms with Crippen LogP contribution in [0.4, 0.5) is 18.9 Å². The summed E-state index contributed by atoms with van der Waals surface area (Å²) in [4.78, 5) is 12.0. The van der Waals surface area contributed by atoms with Crippen molar-refractivity contribution in [3.63, 3.8) is 0 Å². The minimum Gasteiger partial charge on any atom is -0.326 e. The second kappa shape index (κ2) is 5.35. The first-order chi connectivity index (χ1) is 9.91. The van der Waals surface area contributed by atoms with Crippen molar-refractivity contribution < 1.29 is 18.0 Å². The van der Waals surface area contributed by atoms with Crippen LogP contribution in [-0.4, -0.2) is 5.91 Å². The van der Waals surface area contributed by atoms with Crippen molar-refractivity contribution in [1.29, 1.82) is 0 Å². The summed E-state index contributed by atoms with van der Waals surface area (Å²) < 4.78 is 37.9. The molecule has 2 aliphatic rings. The molecule has 0 radical (unpaired) electrons. The lowest BCUT2D eigenvalue weighted by molar-refractivity contribution is -0.137. The summed E-state index contributed by atoms with van der Waals surface area (Å²) in [6.45, 7) is 0. The molecular weight excluding hydrogens is 279 g/mol. The molecule has 0 aliphatic heterocycles. The highest BCUT2D eigenvalue weighted by Crippen LogP contribution is 2.49. The van der Waals surface area contributed by atoms with Gasteiger partial charge in [0.05, 0.1) is 5.56 Å². The molecule has 1 aromatic carbocycles. The van der Waals surface area contributed by atoms with Crippen LogP contribution in [0.15, 0.2) is 24.3 Å². The average Bonchev–Trinajstić information content (AvgIpc) is 3.00. The molecule has 114 valence electrons. The number of carbonyl (C=O) groups is 1. The topological polar surface area (TPSA) is 29.1 Å². The highest BCUT2D eigenvalue weighted by molar-refractivity contribution is 5.91. The zero-order chi connectivity index (χ0) is 15.0. The molecule has 0 aromatic heterocycles. The monoisotopic (exact) mass is 297 g/mol. The van der Waals surface area contributed by atoms with Crippen molar-refractivity contribution in [1.82, 2.24) is 0 Å². The van der Waals surface area contributed by atoms with Crippen molar-refractivity contribution in [2.24, 2.45) is 17.8 Å². The van der Waals surface area contributed by atoms with E-state index < -0.39 is 11.7 Å². The second-order valence-electron chi connectivity index (χ2n) is 6.27. The van der Waals surface area contributed by atoms with Gasteiger partial charge < -0.3 is 5.32 Å². The molecule has 2 saturated carbocycles. The van der Waals surface area contributed by atoms with E-state index >= 15 is 0 Å². The normalized spacial score (nSPS) is 27.9. The zero-order valence-electron chi connectivity index (χ0n) is 11.6. The SMILES string of the molecule is O=C(C[C@@H]1C[C@@H]2CC[C@@H]1C2)Nc1cccc(C(F)(F)F)c1. The van der Waals surface area contributed by atoms with Crippen molar-refractivity contribution in [2.75, 3.05) is 5.32 Å². The molecule has 3 rings (SSSR count). The van der Waals surface area contributed by atoms with Crippen LogP contribution >= 0.6 is 0 Å². The van der Waals surface area contributed by atoms with Crippen LogP contribution in [0, 0.1) is 17.8 Å². The number of halogens is 3. The molecule has 0 unspecified atom stereocenters. The Morgan fingerprint density at radius 2 is 2.05 bits per heavy atom. The van der Waals surface area contributed by atoms with Gasteiger partial charge in [0.15, 0.2) is 0 Å².